The molecule has 0 unspecified atom stereocenters. The van der Waals surface area contributed by atoms with E-state index in [9.17, 15) is 4.79 Å². The molecule has 164 valence electrons. The first-order valence-corrected chi connectivity index (χ1v) is 10.9. The smallest absolute Gasteiger partial charge is 0.322 e. The molecule has 8 heteroatoms. The van der Waals surface area contributed by atoms with E-state index in [1.165, 1.54) is 11.8 Å². The molecule has 2 rings (SSSR count). The van der Waals surface area contributed by atoms with E-state index in [1.54, 1.807) is 13.3 Å². The Hall–Kier alpha value is -1.83. The van der Waals surface area contributed by atoms with Crippen molar-refractivity contribution in [2.24, 2.45) is 0 Å². The average Bonchev–Trinajstić information content (AvgIpc) is 2.65. The van der Waals surface area contributed by atoms with Gasteiger partial charge in [0.2, 0.25) is 5.28 Å². The highest BCUT2D eigenvalue weighted by Crippen LogP contribution is 2.34. The number of esters is 1. The molecule has 0 N–H and O–H groups in total. The Morgan fingerprint density at radius 1 is 1.13 bits per heavy atom. The standard InChI is InChI=1S/C22H30ClN3O3S/c1-21(2,3)29-19(27)22(4,5)30-17-9-7-16(8-10-17)15-26(13-14-28-6)18-11-12-24-20(23)25-18/h7-12H,13-15H2,1-6H3. The number of nitrogens with zero attached hydrogens (tertiary/aromatic N) is 3. The van der Waals surface area contributed by atoms with Gasteiger partial charge in [0.05, 0.1) is 6.61 Å². The third kappa shape index (κ3) is 7.78. The lowest BCUT2D eigenvalue weighted by molar-refractivity contribution is -0.156. The average molecular weight is 452 g/mol. The van der Waals surface area contributed by atoms with E-state index in [0.717, 1.165) is 16.3 Å². The number of thioether (sulfide) groups is 1. The van der Waals surface area contributed by atoms with Gasteiger partial charge in [0, 0.05) is 31.3 Å². The number of ether oxygens (including phenoxy) is 2. The summed E-state index contributed by atoms with van der Waals surface area (Å²) >= 11 is 7.44. The molecule has 0 aliphatic carbocycles. The van der Waals surface area contributed by atoms with Crippen LogP contribution in [0.2, 0.25) is 5.28 Å². The van der Waals surface area contributed by atoms with Crippen LogP contribution in [0.4, 0.5) is 5.82 Å². The Kier molecular flexibility index (Phi) is 8.52. The molecule has 0 saturated carbocycles. The molecule has 1 aromatic carbocycles. The summed E-state index contributed by atoms with van der Waals surface area (Å²) in [5.41, 5.74) is 0.606. The quantitative estimate of drug-likeness (QED) is 0.302. The molecule has 30 heavy (non-hydrogen) atoms. The molecule has 0 fully saturated rings. The zero-order valence-electron chi connectivity index (χ0n) is 18.4. The molecule has 0 saturated heterocycles. The maximum Gasteiger partial charge on any atom is 0.322 e. The SMILES string of the molecule is COCCN(Cc1ccc(SC(C)(C)C(=O)OC(C)(C)C)cc1)c1ccnc(Cl)n1. The number of methoxy groups -OCH3 is 1. The molecule has 2 aromatic rings. The van der Waals surface area contributed by atoms with E-state index < -0.39 is 10.3 Å². The van der Waals surface area contributed by atoms with E-state index in [0.29, 0.717) is 19.7 Å². The Bertz CT molecular complexity index is 838. The van der Waals surface area contributed by atoms with E-state index >= 15 is 0 Å². The highest BCUT2D eigenvalue weighted by molar-refractivity contribution is 8.01. The van der Waals surface area contributed by atoms with Gasteiger partial charge in [-0.2, -0.15) is 0 Å². The molecular formula is C22H30ClN3O3S. The number of aromatic nitrogens is 2. The second kappa shape index (κ2) is 10.5. The van der Waals surface area contributed by atoms with Gasteiger partial charge < -0.3 is 14.4 Å². The zero-order chi connectivity index (χ0) is 22.4. The highest BCUT2D eigenvalue weighted by Gasteiger charge is 2.33. The lowest BCUT2D eigenvalue weighted by Gasteiger charge is -2.28. The van der Waals surface area contributed by atoms with Gasteiger partial charge >= 0.3 is 5.97 Å². The van der Waals surface area contributed by atoms with Crippen molar-refractivity contribution in [2.75, 3.05) is 25.2 Å². The van der Waals surface area contributed by atoms with Crippen molar-refractivity contribution in [1.29, 1.82) is 0 Å². The number of rotatable bonds is 9. The normalized spacial score (nSPS) is 12.0. The zero-order valence-corrected chi connectivity index (χ0v) is 20.0. The minimum Gasteiger partial charge on any atom is -0.459 e. The number of anilines is 1. The summed E-state index contributed by atoms with van der Waals surface area (Å²) in [6, 6.07) is 9.97. The van der Waals surface area contributed by atoms with Gasteiger partial charge in [0.25, 0.3) is 0 Å². The molecule has 0 aliphatic heterocycles. The van der Waals surface area contributed by atoms with Gasteiger partial charge in [-0.05, 0) is 70.0 Å². The number of carbonyl (C=O) groups excluding carboxylic acids is 1. The van der Waals surface area contributed by atoms with Crippen LogP contribution < -0.4 is 4.90 Å². The van der Waals surface area contributed by atoms with Crippen molar-refractivity contribution < 1.29 is 14.3 Å². The molecule has 1 heterocycles. The fourth-order valence-corrected chi connectivity index (χ4v) is 3.73. The summed E-state index contributed by atoms with van der Waals surface area (Å²) in [6.07, 6.45) is 1.64. The maximum absolute atomic E-state index is 12.5. The lowest BCUT2D eigenvalue weighted by Crippen LogP contribution is -2.36. The van der Waals surface area contributed by atoms with Crippen LogP contribution >= 0.6 is 23.4 Å². The van der Waals surface area contributed by atoms with Gasteiger partial charge in [-0.3, -0.25) is 4.79 Å². The van der Waals surface area contributed by atoms with Crippen molar-refractivity contribution in [3.63, 3.8) is 0 Å². The van der Waals surface area contributed by atoms with Crippen LogP contribution in [-0.2, 0) is 20.8 Å². The summed E-state index contributed by atoms with van der Waals surface area (Å²) in [6.45, 7) is 11.3. The molecule has 1 aromatic heterocycles. The van der Waals surface area contributed by atoms with Gasteiger partial charge in [-0.1, -0.05) is 12.1 Å². The van der Waals surface area contributed by atoms with Crippen molar-refractivity contribution >= 4 is 35.1 Å². The van der Waals surface area contributed by atoms with Crippen LogP contribution in [0.1, 0.15) is 40.2 Å². The first kappa shape index (κ1) is 24.4. The number of halogens is 1. The summed E-state index contributed by atoms with van der Waals surface area (Å²) in [7, 11) is 1.67. The molecule has 0 bridgehead atoms. The predicted molar refractivity (Wildman–Crippen MR) is 122 cm³/mol. The number of hydrogen-bond donors (Lipinski definition) is 0. The Balaban J connectivity index is 2.08. The third-order valence-corrected chi connectivity index (χ3v) is 5.43. The monoisotopic (exact) mass is 451 g/mol. The van der Waals surface area contributed by atoms with Crippen LogP contribution in [0.3, 0.4) is 0 Å². The number of benzene rings is 1. The summed E-state index contributed by atoms with van der Waals surface area (Å²) in [5.74, 6) is 0.520. The number of carbonyl (C=O) groups is 1. The fraction of sp³-hybridized carbons (Fsp3) is 0.500. The topological polar surface area (TPSA) is 64.5 Å². The highest BCUT2D eigenvalue weighted by atomic mass is 35.5. The Morgan fingerprint density at radius 2 is 1.80 bits per heavy atom. The molecule has 0 atom stereocenters. The van der Waals surface area contributed by atoms with Crippen molar-refractivity contribution in [1.82, 2.24) is 9.97 Å². The Labute approximate surface area is 188 Å². The van der Waals surface area contributed by atoms with Crippen LogP contribution in [0.5, 0.6) is 0 Å². The molecule has 0 radical (unpaired) electrons. The van der Waals surface area contributed by atoms with Gasteiger partial charge in [0.15, 0.2) is 0 Å². The third-order valence-electron chi connectivity index (χ3n) is 4.06. The summed E-state index contributed by atoms with van der Waals surface area (Å²) < 4.78 is 10.1. The first-order valence-electron chi connectivity index (χ1n) is 9.74. The van der Waals surface area contributed by atoms with E-state index in [-0.39, 0.29) is 11.3 Å². The summed E-state index contributed by atoms with van der Waals surface area (Å²) in [5, 5.41) is 0.214. The predicted octanol–water partition coefficient (Wildman–Crippen LogP) is 5.00. The van der Waals surface area contributed by atoms with Gasteiger partial charge in [0.1, 0.15) is 16.2 Å². The van der Waals surface area contributed by atoms with Crippen LogP contribution in [-0.4, -0.2) is 46.5 Å². The van der Waals surface area contributed by atoms with Crippen LogP contribution in [0, 0.1) is 0 Å². The minimum absolute atomic E-state index is 0.214. The van der Waals surface area contributed by atoms with E-state index in [4.69, 9.17) is 21.1 Å². The largest absolute Gasteiger partial charge is 0.459 e. The van der Waals surface area contributed by atoms with Crippen molar-refractivity contribution in [2.45, 2.75) is 56.4 Å². The van der Waals surface area contributed by atoms with E-state index in [2.05, 4.69) is 27.0 Å². The van der Waals surface area contributed by atoms with Gasteiger partial charge in [-0.15, -0.1) is 11.8 Å². The van der Waals surface area contributed by atoms with Crippen molar-refractivity contribution in [3.8, 4) is 0 Å². The minimum atomic E-state index is -0.684. The molecular weight excluding hydrogens is 422 g/mol. The Morgan fingerprint density at radius 3 is 2.37 bits per heavy atom. The fourth-order valence-electron chi connectivity index (χ4n) is 2.60. The van der Waals surface area contributed by atoms with Crippen LogP contribution in [0.25, 0.3) is 0 Å². The van der Waals surface area contributed by atoms with Gasteiger partial charge in [-0.25, -0.2) is 9.97 Å². The second-order valence-electron chi connectivity index (χ2n) is 8.36. The van der Waals surface area contributed by atoms with Crippen molar-refractivity contribution in [3.05, 3.63) is 47.4 Å². The van der Waals surface area contributed by atoms with Crippen LogP contribution in [0.15, 0.2) is 41.4 Å². The number of hydrogen-bond acceptors (Lipinski definition) is 7. The maximum atomic E-state index is 12.5. The molecule has 0 aliphatic rings. The lowest BCUT2D eigenvalue weighted by atomic mass is 10.1. The van der Waals surface area contributed by atoms with E-state index in [1.807, 2.05) is 52.8 Å². The second-order valence-corrected chi connectivity index (χ2v) is 10.4. The molecule has 6 nitrogen and oxygen atoms in total. The molecule has 0 amide bonds. The first-order chi connectivity index (χ1) is 14.0. The summed E-state index contributed by atoms with van der Waals surface area (Å²) in [4.78, 5) is 23.8. The molecule has 0 spiro atoms.